The minimum absolute atomic E-state index is 0.132. The molecule has 1 amide bonds. The second-order valence-electron chi connectivity index (χ2n) is 8.57. The fraction of sp³-hybridized carbons (Fsp3) is 0.476. The summed E-state index contributed by atoms with van der Waals surface area (Å²) in [4.78, 5) is 19.3. The third-order valence-electron chi connectivity index (χ3n) is 5.60. The molecular weight excluding hydrogens is 431 g/mol. The maximum atomic E-state index is 14.1. The largest absolute Gasteiger partial charge is 0.481 e. The van der Waals surface area contributed by atoms with Crippen molar-refractivity contribution in [2.75, 3.05) is 13.1 Å². The maximum absolute atomic E-state index is 14.1. The summed E-state index contributed by atoms with van der Waals surface area (Å²) in [5.74, 6) is -0.882. The molecule has 7 nitrogen and oxygen atoms in total. The third kappa shape index (κ3) is 4.68. The molecule has 162 valence electrons. The summed E-state index contributed by atoms with van der Waals surface area (Å²) in [6.45, 7) is 4.79. The Morgan fingerprint density at radius 1 is 1.47 bits per heavy atom. The molecule has 2 unspecified atom stereocenters. The van der Waals surface area contributed by atoms with Gasteiger partial charge in [0.25, 0.3) is 0 Å². The van der Waals surface area contributed by atoms with Crippen LogP contribution in [0.4, 0.5) is 4.39 Å². The lowest BCUT2D eigenvalue weighted by molar-refractivity contribution is -0.149. The highest BCUT2D eigenvalue weighted by molar-refractivity contribution is 7.10. The minimum atomic E-state index is -2.55. The number of carbonyl (C=O) groups is 1. The van der Waals surface area contributed by atoms with Crippen LogP contribution in [-0.2, 0) is 9.53 Å². The highest BCUT2D eigenvalue weighted by Gasteiger charge is 2.48. The van der Waals surface area contributed by atoms with Crippen LogP contribution in [0.2, 0.25) is 0 Å². The number of carbonyl (C=O) groups excluding carboxylic acids is 1. The maximum Gasteiger partial charge on any atom is 0.228 e. The fourth-order valence-corrected chi connectivity index (χ4v) is 4.54. The summed E-state index contributed by atoms with van der Waals surface area (Å²) in [6, 6.07) is 3.94. The summed E-state index contributed by atoms with van der Waals surface area (Å²) in [5.41, 5.74) is -2.44. The molecular formula is C21H20B2FN3O4S. The van der Waals surface area contributed by atoms with Crippen molar-refractivity contribution < 1.29 is 23.8 Å². The first-order valence-corrected chi connectivity index (χ1v) is 11.0. The molecule has 2 aliphatic rings. The van der Waals surface area contributed by atoms with E-state index in [-0.39, 0.29) is 34.3 Å². The molecule has 4 radical (unpaired) electrons. The van der Waals surface area contributed by atoms with Gasteiger partial charge in [0.05, 0.1) is 23.9 Å². The van der Waals surface area contributed by atoms with Crippen LogP contribution in [-0.4, -0.2) is 61.4 Å². The molecule has 2 heterocycles. The Bertz CT molecular complexity index is 1090. The van der Waals surface area contributed by atoms with E-state index in [1.807, 2.05) is 18.7 Å². The van der Waals surface area contributed by atoms with Crippen LogP contribution in [0.25, 0.3) is 11.3 Å². The van der Waals surface area contributed by atoms with E-state index in [2.05, 4.69) is 4.98 Å². The molecule has 1 aromatic heterocycles. The van der Waals surface area contributed by atoms with Crippen molar-refractivity contribution in [1.29, 1.82) is 5.26 Å². The van der Waals surface area contributed by atoms with E-state index in [1.54, 1.807) is 11.4 Å². The van der Waals surface area contributed by atoms with Crippen LogP contribution in [0.1, 0.15) is 43.4 Å². The standard InChI is InChI=1S/C21H20B2FN3O4S/c1-11-8-27(19(28)20(2)3-4-20)9-17(30-11)18-26-15(10-32-18)13-5-12(7-25)14(24)6-16(13)31-21(22,23)29/h5-6,10-11,17,29H,3-4,8-9H2,1-2H3. The number of hydrogen-bond acceptors (Lipinski definition) is 7. The summed E-state index contributed by atoms with van der Waals surface area (Å²) in [6.07, 6.45) is 1.21. The molecule has 0 bridgehead atoms. The minimum Gasteiger partial charge on any atom is -0.481 e. The predicted octanol–water partition coefficient (Wildman–Crippen LogP) is 2.23. The van der Waals surface area contributed by atoms with Gasteiger partial charge in [-0.2, -0.15) is 5.26 Å². The number of halogens is 1. The van der Waals surface area contributed by atoms with E-state index in [9.17, 15) is 19.6 Å². The number of aliphatic hydroxyl groups is 1. The van der Waals surface area contributed by atoms with Crippen LogP contribution in [0.3, 0.4) is 0 Å². The van der Waals surface area contributed by atoms with E-state index < -0.39 is 17.5 Å². The Balaban J connectivity index is 1.63. The Morgan fingerprint density at radius 2 is 2.19 bits per heavy atom. The van der Waals surface area contributed by atoms with Crippen molar-refractivity contribution in [3.8, 4) is 23.1 Å². The molecule has 2 atom stereocenters. The molecule has 1 saturated carbocycles. The number of nitriles is 1. The Hall–Kier alpha value is -2.41. The third-order valence-corrected chi connectivity index (χ3v) is 6.54. The first-order valence-electron chi connectivity index (χ1n) is 10.1. The molecule has 1 saturated heterocycles. The Morgan fingerprint density at radius 3 is 2.81 bits per heavy atom. The number of hydrogen-bond donors (Lipinski definition) is 1. The number of morpholine rings is 1. The lowest BCUT2D eigenvalue weighted by atomic mass is 9.76. The predicted molar refractivity (Wildman–Crippen MR) is 117 cm³/mol. The Kier molecular flexibility index (Phi) is 5.82. The number of benzene rings is 1. The van der Waals surface area contributed by atoms with Gasteiger partial charge >= 0.3 is 0 Å². The fourth-order valence-electron chi connectivity index (χ4n) is 3.70. The van der Waals surface area contributed by atoms with Crippen molar-refractivity contribution in [3.05, 3.63) is 33.9 Å². The zero-order valence-corrected chi connectivity index (χ0v) is 18.5. The number of amides is 1. The molecule has 1 N–H and O–H groups in total. The van der Waals surface area contributed by atoms with E-state index in [1.165, 1.54) is 17.4 Å². The van der Waals surface area contributed by atoms with E-state index >= 15 is 0 Å². The van der Waals surface area contributed by atoms with Crippen molar-refractivity contribution in [2.45, 2.75) is 44.5 Å². The van der Waals surface area contributed by atoms with Gasteiger partial charge in [-0.1, -0.05) is 6.92 Å². The van der Waals surface area contributed by atoms with E-state index in [4.69, 9.17) is 25.2 Å². The lowest BCUT2D eigenvalue weighted by Gasteiger charge is -2.37. The molecule has 1 aromatic carbocycles. The van der Waals surface area contributed by atoms with Crippen LogP contribution < -0.4 is 4.74 Å². The average molecular weight is 451 g/mol. The van der Waals surface area contributed by atoms with Crippen molar-refractivity contribution in [3.63, 3.8) is 0 Å². The summed E-state index contributed by atoms with van der Waals surface area (Å²) < 4.78 is 25.3. The van der Waals surface area contributed by atoms with Gasteiger partial charge in [0.15, 0.2) is 15.7 Å². The molecule has 0 spiro atoms. The molecule has 2 aromatic rings. The van der Waals surface area contributed by atoms with E-state index in [0.717, 1.165) is 18.9 Å². The molecule has 1 aliphatic heterocycles. The monoisotopic (exact) mass is 451 g/mol. The van der Waals surface area contributed by atoms with Crippen LogP contribution in [0, 0.1) is 22.6 Å². The highest BCUT2D eigenvalue weighted by Crippen LogP contribution is 2.47. The van der Waals surface area contributed by atoms with Gasteiger partial charge in [0.1, 0.15) is 34.3 Å². The van der Waals surface area contributed by atoms with Crippen molar-refractivity contribution in [2.24, 2.45) is 5.41 Å². The van der Waals surface area contributed by atoms with E-state index in [0.29, 0.717) is 23.8 Å². The number of aromatic nitrogens is 1. The van der Waals surface area contributed by atoms with Gasteiger partial charge in [-0.15, -0.1) is 11.3 Å². The zero-order valence-electron chi connectivity index (χ0n) is 17.7. The number of thiazole rings is 1. The molecule has 11 heteroatoms. The smallest absolute Gasteiger partial charge is 0.228 e. The highest BCUT2D eigenvalue weighted by atomic mass is 32.1. The second-order valence-corrected chi connectivity index (χ2v) is 9.46. The second kappa shape index (κ2) is 8.18. The normalized spacial score (nSPS) is 22.3. The zero-order chi connectivity index (χ0) is 23.3. The van der Waals surface area contributed by atoms with Crippen molar-refractivity contribution in [1.82, 2.24) is 9.88 Å². The van der Waals surface area contributed by atoms with Gasteiger partial charge in [0.2, 0.25) is 5.91 Å². The number of rotatable bonds is 5. The quantitative estimate of drug-likeness (QED) is 0.554. The summed E-state index contributed by atoms with van der Waals surface area (Å²) in [7, 11) is 10.6. The average Bonchev–Trinajstić information content (AvgIpc) is 3.27. The first kappa shape index (κ1) is 22.8. The molecule has 4 rings (SSSR count). The van der Waals surface area contributed by atoms with Gasteiger partial charge in [-0.05, 0) is 25.8 Å². The van der Waals surface area contributed by atoms with Gasteiger partial charge in [-0.25, -0.2) is 9.37 Å². The van der Waals surface area contributed by atoms with Gasteiger partial charge in [0, 0.05) is 29.0 Å². The topological polar surface area (TPSA) is 95.7 Å². The number of ether oxygens (including phenoxy) is 2. The Labute approximate surface area is 192 Å². The van der Waals surface area contributed by atoms with Crippen molar-refractivity contribution >= 4 is 32.9 Å². The van der Waals surface area contributed by atoms with Crippen LogP contribution in [0.5, 0.6) is 5.75 Å². The molecule has 2 fully saturated rings. The van der Waals surface area contributed by atoms with Gasteiger partial charge < -0.3 is 19.5 Å². The van der Waals surface area contributed by atoms with Crippen LogP contribution in [0.15, 0.2) is 17.5 Å². The summed E-state index contributed by atoms with van der Waals surface area (Å²) >= 11 is 1.30. The SMILES string of the molecule is [B]C([B])(O)Oc1cc(F)c(C#N)cc1-c1csc(C2CN(C(=O)C3(C)CC3)CC(C)O2)n1. The van der Waals surface area contributed by atoms with Crippen LogP contribution >= 0.6 is 11.3 Å². The summed E-state index contributed by atoms with van der Waals surface area (Å²) in [5, 5.41) is 21.1. The molecule has 32 heavy (non-hydrogen) atoms. The lowest BCUT2D eigenvalue weighted by Crippen LogP contribution is -2.48. The molecule has 1 aliphatic carbocycles. The van der Waals surface area contributed by atoms with Gasteiger partial charge in [-0.3, -0.25) is 4.79 Å². The number of nitrogens with zero attached hydrogens (tertiary/aromatic N) is 3. The first-order chi connectivity index (χ1) is 15.0.